The highest BCUT2D eigenvalue weighted by atomic mass is 32.2. The van der Waals surface area contributed by atoms with Crippen LogP contribution in [-0.4, -0.2) is 6.26 Å². The lowest BCUT2D eigenvalue weighted by atomic mass is 10.1. The normalized spacial score (nSPS) is 11.3. The molecular formula is C10H11NS2. The van der Waals surface area contributed by atoms with Gasteiger partial charge in [0.25, 0.3) is 0 Å². The van der Waals surface area contributed by atoms with E-state index in [-0.39, 0.29) is 0 Å². The highest BCUT2D eigenvalue weighted by molar-refractivity contribution is 8.08. The second kappa shape index (κ2) is 5.07. The predicted molar refractivity (Wildman–Crippen MR) is 62.0 cm³/mol. The van der Waals surface area contributed by atoms with Crippen molar-refractivity contribution >= 4 is 28.1 Å². The van der Waals surface area contributed by atoms with Crippen molar-refractivity contribution in [2.45, 2.75) is 6.92 Å². The van der Waals surface area contributed by atoms with Crippen molar-refractivity contribution in [3.63, 3.8) is 0 Å². The Morgan fingerprint density at radius 3 is 2.38 bits per heavy atom. The van der Waals surface area contributed by atoms with Crippen molar-refractivity contribution in [3.8, 4) is 0 Å². The molecule has 0 aliphatic rings. The Kier molecular flexibility index (Phi) is 4.03. The largest absolute Gasteiger partial charge is 0.173 e. The molecule has 0 radical (unpaired) electrons. The first-order chi connectivity index (χ1) is 6.27. The van der Waals surface area contributed by atoms with Crippen molar-refractivity contribution in [2.75, 3.05) is 6.26 Å². The monoisotopic (exact) mass is 209 g/mol. The van der Waals surface area contributed by atoms with Crippen LogP contribution in [0.15, 0.2) is 29.7 Å². The Labute approximate surface area is 86.8 Å². The van der Waals surface area contributed by atoms with Crippen molar-refractivity contribution < 1.29 is 0 Å². The summed E-state index contributed by atoms with van der Waals surface area (Å²) in [7, 11) is 0. The maximum atomic E-state index is 8.71. The topological polar surface area (TPSA) is 23.8 Å². The molecule has 0 saturated carbocycles. The molecule has 0 heterocycles. The number of benzene rings is 1. The van der Waals surface area contributed by atoms with Crippen LogP contribution in [0.3, 0.4) is 0 Å². The van der Waals surface area contributed by atoms with Crippen LogP contribution in [0, 0.1) is 11.5 Å². The lowest BCUT2D eigenvalue weighted by Crippen LogP contribution is -1.78. The number of nitrogens with zero attached hydrogens (tertiary/aromatic N) is 1. The van der Waals surface area contributed by atoms with Crippen LogP contribution in [0.4, 0.5) is 0 Å². The van der Waals surface area contributed by atoms with E-state index < -0.39 is 0 Å². The van der Waals surface area contributed by atoms with Gasteiger partial charge in [0.1, 0.15) is 0 Å². The van der Waals surface area contributed by atoms with Crippen LogP contribution in [0.2, 0.25) is 0 Å². The van der Waals surface area contributed by atoms with E-state index in [0.29, 0.717) is 0 Å². The summed E-state index contributed by atoms with van der Waals surface area (Å²) in [6.45, 7) is 2.06. The van der Waals surface area contributed by atoms with Gasteiger partial charge in [0.2, 0.25) is 0 Å². The zero-order chi connectivity index (χ0) is 9.68. The predicted octanol–water partition coefficient (Wildman–Crippen LogP) is 3.87. The Bertz CT molecular complexity index is 346. The first-order valence-electron chi connectivity index (χ1n) is 3.89. The first kappa shape index (κ1) is 10.3. The molecular weight excluding hydrogens is 198 g/mol. The van der Waals surface area contributed by atoms with Crippen LogP contribution in [0.5, 0.6) is 0 Å². The smallest absolute Gasteiger partial charge is 0.0573 e. The molecule has 1 rings (SSSR count). The molecule has 1 nitrogen and oxygen atoms in total. The van der Waals surface area contributed by atoms with Crippen LogP contribution >= 0.6 is 23.2 Å². The van der Waals surface area contributed by atoms with Gasteiger partial charge >= 0.3 is 0 Å². The quantitative estimate of drug-likeness (QED) is 0.738. The number of rotatable bonds is 2. The van der Waals surface area contributed by atoms with Gasteiger partial charge in [-0.2, -0.15) is 4.61 Å². The van der Waals surface area contributed by atoms with E-state index in [0.717, 1.165) is 21.9 Å². The molecule has 0 bridgehead atoms. The van der Waals surface area contributed by atoms with E-state index in [9.17, 15) is 0 Å². The van der Waals surface area contributed by atoms with Crippen LogP contribution in [0.1, 0.15) is 11.1 Å². The fraction of sp³-hybridized carbons (Fsp3) is 0.200. The van der Waals surface area contributed by atoms with Gasteiger partial charge in [-0.1, -0.05) is 29.8 Å². The van der Waals surface area contributed by atoms with Crippen LogP contribution in [0.25, 0.3) is 4.91 Å². The van der Waals surface area contributed by atoms with E-state index >= 15 is 0 Å². The standard InChI is InChI=1S/C10H11NS2/c1-8-3-5-9(6-4-8)10(12-2)7-13-11/h3-7H,1-2H3/b10-7+. The fourth-order valence-electron chi connectivity index (χ4n) is 1.000. The maximum absolute atomic E-state index is 8.71. The molecule has 0 aliphatic heterocycles. The second-order valence-corrected chi connectivity index (χ2v) is 3.95. The molecule has 68 valence electrons. The van der Waals surface area contributed by atoms with Gasteiger partial charge in [0.05, 0.1) is 11.4 Å². The summed E-state index contributed by atoms with van der Waals surface area (Å²) in [5, 5.41) is 1.75. The summed E-state index contributed by atoms with van der Waals surface area (Å²) in [6, 6.07) is 8.27. The van der Waals surface area contributed by atoms with Gasteiger partial charge in [-0.15, -0.1) is 11.8 Å². The Balaban J connectivity index is 3.01. The van der Waals surface area contributed by atoms with Crippen molar-refractivity contribution in [2.24, 2.45) is 0 Å². The average Bonchev–Trinajstić information content (AvgIpc) is 2.16. The van der Waals surface area contributed by atoms with Gasteiger partial charge in [-0.3, -0.25) is 0 Å². The van der Waals surface area contributed by atoms with Gasteiger partial charge < -0.3 is 0 Å². The maximum Gasteiger partial charge on any atom is 0.0573 e. The third kappa shape index (κ3) is 2.88. The number of thioether (sulfide) groups is 1. The Morgan fingerprint density at radius 2 is 1.92 bits per heavy atom. The van der Waals surface area contributed by atoms with E-state index in [1.54, 1.807) is 17.2 Å². The highest BCUT2D eigenvalue weighted by Crippen LogP contribution is 2.26. The summed E-state index contributed by atoms with van der Waals surface area (Å²) in [4.78, 5) is 1.09. The molecule has 0 saturated heterocycles. The number of hydrogen-bond donors (Lipinski definition) is 0. The zero-order valence-electron chi connectivity index (χ0n) is 7.65. The number of hydrogen-bond acceptors (Lipinski definition) is 2. The number of aryl methyl sites for hydroxylation is 1. The lowest BCUT2D eigenvalue weighted by molar-refractivity contribution is 1.46. The Hall–Kier alpha value is -0.760. The minimum atomic E-state index is 0.750. The van der Waals surface area contributed by atoms with Gasteiger partial charge in [0.15, 0.2) is 0 Å². The van der Waals surface area contributed by atoms with Crippen LogP contribution in [-0.2, 0) is 0 Å². The summed E-state index contributed by atoms with van der Waals surface area (Å²) < 4.78 is 8.71. The van der Waals surface area contributed by atoms with Gasteiger partial charge in [-0.05, 0) is 18.7 Å². The fourth-order valence-corrected chi connectivity index (χ4v) is 2.12. The molecule has 0 fully saturated rings. The minimum absolute atomic E-state index is 0.750. The van der Waals surface area contributed by atoms with Gasteiger partial charge in [0, 0.05) is 10.3 Å². The molecule has 0 aromatic heterocycles. The molecule has 0 aliphatic carbocycles. The highest BCUT2D eigenvalue weighted by Gasteiger charge is 1.98. The molecule has 0 atom stereocenters. The molecule has 3 heteroatoms. The summed E-state index contributed by atoms with van der Waals surface area (Å²) >= 11 is 2.38. The molecule has 1 aromatic rings. The van der Waals surface area contributed by atoms with E-state index in [1.807, 2.05) is 6.26 Å². The van der Waals surface area contributed by atoms with Crippen molar-refractivity contribution in [3.05, 3.63) is 40.8 Å². The molecule has 0 spiro atoms. The third-order valence-corrected chi connectivity index (χ3v) is 3.00. The van der Waals surface area contributed by atoms with Crippen molar-refractivity contribution in [1.29, 1.82) is 4.61 Å². The summed E-state index contributed by atoms with van der Waals surface area (Å²) in [6.07, 6.45) is 2.00. The molecule has 0 amide bonds. The SMILES string of the molecule is CS/C(=C/S#N)c1ccc(C)cc1. The molecule has 0 unspecified atom stereocenters. The summed E-state index contributed by atoms with van der Waals surface area (Å²) in [5.74, 6) is 0. The van der Waals surface area contributed by atoms with E-state index in [4.69, 9.17) is 4.61 Å². The Morgan fingerprint density at radius 1 is 1.31 bits per heavy atom. The lowest BCUT2D eigenvalue weighted by Gasteiger charge is -2.02. The third-order valence-electron chi connectivity index (χ3n) is 1.72. The van der Waals surface area contributed by atoms with E-state index in [1.165, 1.54) is 5.56 Å². The first-order valence-corrected chi connectivity index (χ1v) is 5.95. The average molecular weight is 209 g/mol. The van der Waals surface area contributed by atoms with Crippen molar-refractivity contribution in [1.82, 2.24) is 0 Å². The molecule has 13 heavy (non-hydrogen) atoms. The second-order valence-electron chi connectivity index (χ2n) is 2.66. The van der Waals surface area contributed by atoms with Gasteiger partial charge in [-0.25, -0.2) is 0 Å². The van der Waals surface area contributed by atoms with E-state index in [2.05, 4.69) is 31.2 Å². The molecule has 0 N–H and O–H groups in total. The zero-order valence-corrected chi connectivity index (χ0v) is 9.28. The van der Waals surface area contributed by atoms with Crippen LogP contribution < -0.4 is 0 Å². The summed E-state index contributed by atoms with van der Waals surface area (Å²) in [5.41, 5.74) is 2.40. The minimum Gasteiger partial charge on any atom is -0.173 e. The molecule has 1 aromatic carbocycles.